The van der Waals surface area contributed by atoms with Crippen molar-refractivity contribution < 1.29 is 18.6 Å². The summed E-state index contributed by atoms with van der Waals surface area (Å²) in [4.78, 5) is 10.8. The smallest absolute Gasteiger partial charge is 0.399 e. The first kappa shape index (κ1) is 30.2. The lowest BCUT2D eigenvalue weighted by molar-refractivity contribution is 0.00578. The molecule has 0 unspecified atom stereocenters. The van der Waals surface area contributed by atoms with E-state index in [4.69, 9.17) is 28.6 Å². The van der Waals surface area contributed by atoms with E-state index in [1.807, 2.05) is 61.5 Å². The van der Waals surface area contributed by atoms with Crippen LogP contribution in [-0.4, -0.2) is 42.3 Å². The topological polar surface area (TPSA) is 85.4 Å². The Morgan fingerprint density at radius 2 is 1.13 bits per heavy atom. The molecule has 4 rings (SSSR count). The number of rotatable bonds is 10. The minimum atomic E-state index is -0.716. The molecule has 7 nitrogen and oxygen atoms in total. The SMILES string of the molecule is CCCCCC1(CCCCC)N=c2c(B3OC(C)(C)C(C)(C)O3)cc(C#N)c(B3OC(C)(C)C(C)(C)O3)c2=N1. The molecular weight excluding hydrogens is 488 g/mol. The quantitative estimate of drug-likeness (QED) is 0.330. The molecule has 1 aromatic rings. The van der Waals surface area contributed by atoms with Gasteiger partial charge in [-0.15, -0.1) is 0 Å². The highest BCUT2D eigenvalue weighted by atomic mass is 16.7. The molecule has 0 atom stereocenters. The molecule has 0 radical (unpaired) electrons. The maximum Gasteiger partial charge on any atom is 0.498 e. The van der Waals surface area contributed by atoms with Crippen molar-refractivity contribution in [2.75, 3.05) is 0 Å². The summed E-state index contributed by atoms with van der Waals surface area (Å²) in [7, 11) is -1.36. The number of hydrogen-bond acceptors (Lipinski definition) is 7. The lowest BCUT2D eigenvalue weighted by Crippen LogP contribution is -2.59. The Kier molecular flexibility index (Phi) is 8.22. The molecule has 0 spiro atoms. The van der Waals surface area contributed by atoms with Gasteiger partial charge in [-0.1, -0.05) is 39.5 Å². The van der Waals surface area contributed by atoms with E-state index in [0.717, 1.165) is 62.2 Å². The number of hydrogen-bond donors (Lipinski definition) is 0. The maximum absolute atomic E-state index is 10.4. The third-order valence-corrected chi connectivity index (χ3v) is 9.46. The molecule has 3 aliphatic rings. The first-order valence-electron chi connectivity index (χ1n) is 14.9. The molecule has 0 aromatic heterocycles. The number of unbranched alkanes of at least 4 members (excludes halogenated alkanes) is 4. The van der Waals surface area contributed by atoms with Gasteiger partial charge in [-0.05, 0) is 87.1 Å². The van der Waals surface area contributed by atoms with Crippen LogP contribution in [-0.2, 0) is 18.6 Å². The summed E-state index contributed by atoms with van der Waals surface area (Å²) < 4.78 is 25.9. The molecule has 0 saturated carbocycles. The molecule has 0 bridgehead atoms. The summed E-state index contributed by atoms with van der Waals surface area (Å²) in [6.45, 7) is 20.7. The Morgan fingerprint density at radius 3 is 1.56 bits per heavy atom. The van der Waals surface area contributed by atoms with Crippen LogP contribution in [0.25, 0.3) is 0 Å². The Balaban J connectivity index is 1.94. The van der Waals surface area contributed by atoms with Crippen molar-refractivity contribution >= 4 is 25.2 Å². The molecule has 0 amide bonds. The van der Waals surface area contributed by atoms with E-state index in [2.05, 4.69) is 19.9 Å². The molecule has 212 valence electrons. The van der Waals surface area contributed by atoms with Crippen LogP contribution in [0, 0.1) is 11.3 Å². The van der Waals surface area contributed by atoms with Gasteiger partial charge in [0.1, 0.15) is 0 Å². The highest BCUT2D eigenvalue weighted by molar-refractivity contribution is 6.64. The third-order valence-electron chi connectivity index (χ3n) is 9.46. The van der Waals surface area contributed by atoms with E-state index >= 15 is 0 Å². The minimum absolute atomic E-state index is 0.467. The third kappa shape index (κ3) is 5.47. The van der Waals surface area contributed by atoms with Gasteiger partial charge in [-0.2, -0.15) is 5.26 Å². The Morgan fingerprint density at radius 1 is 0.692 bits per heavy atom. The second-order valence-electron chi connectivity index (χ2n) is 13.5. The molecule has 3 heterocycles. The Hall–Kier alpha value is -1.72. The second kappa shape index (κ2) is 10.6. The average molecular weight is 535 g/mol. The van der Waals surface area contributed by atoms with Crippen LogP contribution >= 0.6 is 0 Å². The molecule has 3 aliphatic heterocycles. The molecule has 39 heavy (non-hydrogen) atoms. The predicted octanol–water partition coefficient (Wildman–Crippen LogP) is 4.27. The molecule has 9 heteroatoms. The lowest BCUT2D eigenvalue weighted by Gasteiger charge is -2.32. The fourth-order valence-corrected chi connectivity index (χ4v) is 5.47. The van der Waals surface area contributed by atoms with E-state index < -0.39 is 42.3 Å². The fourth-order valence-electron chi connectivity index (χ4n) is 5.47. The van der Waals surface area contributed by atoms with Crippen molar-refractivity contribution in [3.05, 3.63) is 22.3 Å². The van der Waals surface area contributed by atoms with Crippen molar-refractivity contribution in [3.63, 3.8) is 0 Å². The summed E-state index contributed by atoms with van der Waals surface area (Å²) in [5, 5.41) is 11.9. The first-order chi connectivity index (χ1) is 18.1. The first-order valence-corrected chi connectivity index (χ1v) is 14.9. The largest absolute Gasteiger partial charge is 0.498 e. The zero-order valence-corrected chi connectivity index (χ0v) is 25.9. The van der Waals surface area contributed by atoms with Crippen molar-refractivity contribution in [3.8, 4) is 6.07 Å². The van der Waals surface area contributed by atoms with Crippen molar-refractivity contribution in [1.29, 1.82) is 5.26 Å². The van der Waals surface area contributed by atoms with Crippen molar-refractivity contribution in [1.82, 2.24) is 0 Å². The highest BCUT2D eigenvalue weighted by Gasteiger charge is 2.55. The van der Waals surface area contributed by atoms with Crippen molar-refractivity contribution in [2.24, 2.45) is 9.98 Å². The van der Waals surface area contributed by atoms with Crippen LogP contribution in [0.15, 0.2) is 16.1 Å². The van der Waals surface area contributed by atoms with Gasteiger partial charge >= 0.3 is 14.2 Å². The zero-order chi connectivity index (χ0) is 28.9. The summed E-state index contributed by atoms with van der Waals surface area (Å²) >= 11 is 0. The number of benzene rings is 1. The maximum atomic E-state index is 10.4. The average Bonchev–Trinajstić information content (AvgIpc) is 3.38. The normalized spacial score (nSPS) is 23.3. The Labute approximate surface area is 236 Å². The second-order valence-corrected chi connectivity index (χ2v) is 13.5. The van der Waals surface area contributed by atoms with Gasteiger partial charge in [-0.3, -0.25) is 9.98 Å². The van der Waals surface area contributed by atoms with Gasteiger partial charge in [0.25, 0.3) is 0 Å². The van der Waals surface area contributed by atoms with Crippen LogP contribution < -0.4 is 21.6 Å². The highest BCUT2D eigenvalue weighted by Crippen LogP contribution is 2.38. The molecule has 2 fully saturated rings. The standard InChI is InChI=1S/C30H47B2N3O4/c1-11-13-15-17-30(18-16-14-12-2)34-24-22(31-36-26(3,4)27(5,6)37-31)19-21(20-33)23(25(24)35-30)32-38-28(7,8)29(9,10)39-32/h19H,11-18H2,1-10H3. The molecule has 0 aliphatic carbocycles. The van der Waals surface area contributed by atoms with Gasteiger partial charge in [0.15, 0.2) is 5.66 Å². The number of nitrogens with zero attached hydrogens (tertiary/aromatic N) is 3. The summed E-state index contributed by atoms with van der Waals surface area (Å²) in [6, 6.07) is 4.29. The fraction of sp³-hybridized carbons (Fsp3) is 0.767. The molecule has 0 N–H and O–H groups in total. The van der Waals surface area contributed by atoms with Crippen LogP contribution in [0.2, 0.25) is 0 Å². The van der Waals surface area contributed by atoms with Crippen LogP contribution in [0.3, 0.4) is 0 Å². The van der Waals surface area contributed by atoms with Gasteiger partial charge in [0.2, 0.25) is 0 Å². The van der Waals surface area contributed by atoms with Crippen LogP contribution in [0.5, 0.6) is 0 Å². The molecule has 1 aromatic carbocycles. The van der Waals surface area contributed by atoms with Gasteiger partial charge < -0.3 is 18.6 Å². The lowest BCUT2D eigenvalue weighted by atomic mass is 9.70. The minimum Gasteiger partial charge on any atom is -0.399 e. The summed E-state index contributed by atoms with van der Waals surface area (Å²) in [6.07, 6.45) is 8.37. The van der Waals surface area contributed by atoms with E-state index in [0.29, 0.717) is 16.4 Å². The monoisotopic (exact) mass is 535 g/mol. The van der Waals surface area contributed by atoms with Crippen LogP contribution in [0.1, 0.15) is 126 Å². The number of fused-ring (bicyclic) bond motifs is 1. The van der Waals surface area contributed by atoms with Gasteiger partial charge in [0.05, 0.1) is 44.8 Å². The van der Waals surface area contributed by atoms with Crippen molar-refractivity contribution in [2.45, 2.75) is 149 Å². The summed E-state index contributed by atoms with van der Waals surface area (Å²) in [5.74, 6) is 0. The summed E-state index contributed by atoms with van der Waals surface area (Å²) in [5.41, 5.74) is -0.799. The van der Waals surface area contributed by atoms with E-state index in [-0.39, 0.29) is 0 Å². The molecular formula is C30H47B2N3O4. The van der Waals surface area contributed by atoms with Gasteiger partial charge in [-0.25, -0.2) is 0 Å². The van der Waals surface area contributed by atoms with E-state index in [1.165, 1.54) is 0 Å². The van der Waals surface area contributed by atoms with E-state index in [9.17, 15) is 5.26 Å². The predicted molar refractivity (Wildman–Crippen MR) is 156 cm³/mol. The van der Waals surface area contributed by atoms with Crippen LogP contribution in [0.4, 0.5) is 0 Å². The Bertz CT molecular complexity index is 1210. The molecule has 2 saturated heterocycles. The number of nitriles is 1. The van der Waals surface area contributed by atoms with Gasteiger partial charge in [0, 0.05) is 10.9 Å². The van der Waals surface area contributed by atoms with E-state index in [1.54, 1.807) is 0 Å². The zero-order valence-electron chi connectivity index (χ0n) is 25.9.